The van der Waals surface area contributed by atoms with E-state index in [0.29, 0.717) is 17.0 Å². The largest absolute Gasteiger partial charge is 0.423 e. The molecule has 2 amide bonds. The van der Waals surface area contributed by atoms with Gasteiger partial charge < -0.3 is 10.1 Å². The molecule has 0 aromatic heterocycles. The topological polar surface area (TPSA) is 75.7 Å². The number of imide groups is 1. The van der Waals surface area contributed by atoms with Gasteiger partial charge in [-0.2, -0.15) is 0 Å². The smallest absolute Gasteiger partial charge is 0.343 e. The number of carbonyl (C=O) groups is 3. The van der Waals surface area contributed by atoms with E-state index < -0.39 is 17.8 Å². The molecule has 1 aliphatic heterocycles. The fourth-order valence-electron chi connectivity index (χ4n) is 3.48. The quantitative estimate of drug-likeness (QED) is 0.249. The van der Waals surface area contributed by atoms with Gasteiger partial charge in [-0.05, 0) is 60.5 Å². The Morgan fingerprint density at radius 1 is 0.912 bits per heavy atom. The Morgan fingerprint density at radius 2 is 1.59 bits per heavy atom. The number of rotatable bonds is 7. The van der Waals surface area contributed by atoms with E-state index in [9.17, 15) is 14.4 Å². The number of benzene rings is 3. The second-order valence-corrected chi connectivity index (χ2v) is 8.36. The molecule has 34 heavy (non-hydrogen) atoms. The van der Waals surface area contributed by atoms with Gasteiger partial charge in [0.2, 0.25) is 0 Å². The molecule has 3 aromatic carbocycles. The fourth-order valence-corrected chi connectivity index (χ4v) is 3.91. The van der Waals surface area contributed by atoms with Crippen LogP contribution in [-0.4, -0.2) is 17.8 Å². The number of anilines is 2. The SMILES string of the molecule is CCCc1ccc(OC(=O)c2ccc(NC3=C(Cl)C(=O)N(c4ccccc4Cl)C3=O)cc2)cc1. The molecule has 0 fully saturated rings. The van der Waals surface area contributed by atoms with Crippen molar-refractivity contribution in [3.05, 3.63) is 99.7 Å². The third kappa shape index (κ3) is 4.83. The van der Waals surface area contributed by atoms with Gasteiger partial charge in [-0.1, -0.05) is 60.8 Å². The van der Waals surface area contributed by atoms with Gasteiger partial charge in [0.1, 0.15) is 16.5 Å². The van der Waals surface area contributed by atoms with E-state index in [1.165, 1.54) is 5.56 Å². The molecule has 8 heteroatoms. The Bertz CT molecular complexity index is 1280. The van der Waals surface area contributed by atoms with Crippen molar-refractivity contribution in [1.29, 1.82) is 0 Å². The fraction of sp³-hybridized carbons (Fsp3) is 0.115. The number of nitrogens with zero attached hydrogens (tertiary/aromatic N) is 1. The van der Waals surface area contributed by atoms with Crippen molar-refractivity contribution < 1.29 is 19.1 Å². The van der Waals surface area contributed by atoms with E-state index in [4.69, 9.17) is 27.9 Å². The van der Waals surface area contributed by atoms with Crippen LogP contribution in [0.3, 0.4) is 0 Å². The van der Waals surface area contributed by atoms with E-state index in [-0.39, 0.29) is 21.4 Å². The van der Waals surface area contributed by atoms with Crippen molar-refractivity contribution in [1.82, 2.24) is 0 Å². The minimum Gasteiger partial charge on any atom is -0.423 e. The Morgan fingerprint density at radius 3 is 2.24 bits per heavy atom. The monoisotopic (exact) mass is 494 g/mol. The first-order valence-electron chi connectivity index (χ1n) is 10.6. The number of hydrogen-bond donors (Lipinski definition) is 1. The number of hydrogen-bond acceptors (Lipinski definition) is 5. The van der Waals surface area contributed by atoms with Crippen LogP contribution in [0.5, 0.6) is 5.75 Å². The van der Waals surface area contributed by atoms with Crippen LogP contribution in [-0.2, 0) is 16.0 Å². The predicted molar refractivity (Wildman–Crippen MR) is 132 cm³/mol. The van der Waals surface area contributed by atoms with Crippen LogP contribution in [0.4, 0.5) is 11.4 Å². The molecular weight excluding hydrogens is 475 g/mol. The van der Waals surface area contributed by atoms with E-state index in [1.54, 1.807) is 60.7 Å². The third-order valence-corrected chi connectivity index (χ3v) is 5.85. The van der Waals surface area contributed by atoms with Gasteiger partial charge in [0.25, 0.3) is 11.8 Å². The summed E-state index contributed by atoms with van der Waals surface area (Å²) in [5.74, 6) is -1.35. The van der Waals surface area contributed by atoms with Crippen LogP contribution < -0.4 is 15.0 Å². The molecule has 0 spiro atoms. The van der Waals surface area contributed by atoms with E-state index in [2.05, 4.69) is 12.2 Å². The van der Waals surface area contributed by atoms with E-state index >= 15 is 0 Å². The van der Waals surface area contributed by atoms with Crippen molar-refractivity contribution in [3.63, 3.8) is 0 Å². The van der Waals surface area contributed by atoms with Gasteiger partial charge in [-0.25, -0.2) is 9.69 Å². The molecule has 1 N–H and O–H groups in total. The number of halogens is 2. The molecule has 6 nitrogen and oxygen atoms in total. The minimum atomic E-state index is -0.674. The highest BCUT2D eigenvalue weighted by Crippen LogP contribution is 2.34. The number of nitrogens with one attached hydrogen (secondary N) is 1. The Kier molecular flexibility index (Phi) is 7.01. The number of para-hydroxylation sites is 1. The molecule has 4 rings (SSSR count). The predicted octanol–water partition coefficient (Wildman–Crippen LogP) is 5.95. The van der Waals surface area contributed by atoms with Crippen LogP contribution in [0.1, 0.15) is 29.3 Å². The minimum absolute atomic E-state index is 0.0749. The zero-order valence-electron chi connectivity index (χ0n) is 18.2. The maximum Gasteiger partial charge on any atom is 0.343 e. The second-order valence-electron chi connectivity index (χ2n) is 7.57. The summed E-state index contributed by atoms with van der Waals surface area (Å²) < 4.78 is 5.42. The average Bonchev–Trinajstić information content (AvgIpc) is 3.04. The summed E-state index contributed by atoms with van der Waals surface area (Å²) in [5.41, 5.74) is 2.15. The summed E-state index contributed by atoms with van der Waals surface area (Å²) in [7, 11) is 0. The van der Waals surface area contributed by atoms with Crippen LogP contribution in [0.15, 0.2) is 83.5 Å². The number of aryl methyl sites for hydroxylation is 1. The van der Waals surface area contributed by atoms with Gasteiger partial charge in [0.05, 0.1) is 16.3 Å². The molecule has 0 bridgehead atoms. The second kappa shape index (κ2) is 10.1. The van der Waals surface area contributed by atoms with Crippen LogP contribution in [0.2, 0.25) is 5.02 Å². The Hall–Kier alpha value is -3.61. The number of amides is 2. The van der Waals surface area contributed by atoms with Crippen molar-refractivity contribution in [2.24, 2.45) is 0 Å². The molecule has 0 atom stereocenters. The summed E-state index contributed by atoms with van der Waals surface area (Å²) in [6, 6.07) is 20.2. The maximum absolute atomic E-state index is 12.9. The van der Waals surface area contributed by atoms with E-state index in [0.717, 1.165) is 17.7 Å². The summed E-state index contributed by atoms with van der Waals surface area (Å²) in [6.07, 6.45) is 2.01. The number of carbonyl (C=O) groups excluding carboxylic acids is 3. The lowest BCUT2D eigenvalue weighted by Gasteiger charge is -2.16. The Balaban J connectivity index is 1.45. The van der Waals surface area contributed by atoms with Crippen LogP contribution in [0.25, 0.3) is 0 Å². The van der Waals surface area contributed by atoms with Gasteiger partial charge >= 0.3 is 5.97 Å². The number of esters is 1. The lowest BCUT2D eigenvalue weighted by atomic mass is 10.1. The van der Waals surface area contributed by atoms with Crippen LogP contribution >= 0.6 is 23.2 Å². The third-order valence-electron chi connectivity index (χ3n) is 5.18. The van der Waals surface area contributed by atoms with Gasteiger partial charge in [0.15, 0.2) is 0 Å². The van der Waals surface area contributed by atoms with Crippen LogP contribution in [0, 0.1) is 0 Å². The number of ether oxygens (including phenoxy) is 1. The first-order valence-corrected chi connectivity index (χ1v) is 11.4. The zero-order chi connectivity index (χ0) is 24.2. The van der Waals surface area contributed by atoms with Crippen molar-refractivity contribution >= 4 is 52.4 Å². The summed E-state index contributed by atoms with van der Waals surface area (Å²) in [5, 5.41) is 2.86. The summed E-state index contributed by atoms with van der Waals surface area (Å²) in [6.45, 7) is 2.10. The molecular formula is C26H20Cl2N2O4. The first kappa shape index (κ1) is 23.5. The van der Waals surface area contributed by atoms with Gasteiger partial charge in [-0.3, -0.25) is 9.59 Å². The molecule has 0 unspecified atom stereocenters. The van der Waals surface area contributed by atoms with Gasteiger partial charge in [-0.15, -0.1) is 0 Å². The first-order chi connectivity index (χ1) is 16.4. The summed E-state index contributed by atoms with van der Waals surface area (Å²) >= 11 is 12.3. The van der Waals surface area contributed by atoms with Crippen molar-refractivity contribution in [2.45, 2.75) is 19.8 Å². The molecule has 0 saturated carbocycles. The molecule has 0 saturated heterocycles. The molecule has 0 radical (unpaired) electrons. The van der Waals surface area contributed by atoms with Gasteiger partial charge in [0, 0.05) is 5.69 Å². The lowest BCUT2D eigenvalue weighted by molar-refractivity contribution is -0.120. The molecule has 1 heterocycles. The molecule has 1 aliphatic rings. The van der Waals surface area contributed by atoms with Crippen molar-refractivity contribution in [3.8, 4) is 5.75 Å². The standard InChI is InChI=1S/C26H20Cl2N2O4/c1-2-5-16-8-14-19(15-9-16)34-26(33)17-10-12-18(13-11-17)29-23-22(28)24(31)30(25(23)32)21-7-4-3-6-20(21)27/h3-4,6-15,29H,2,5H2,1H3. The highest BCUT2D eigenvalue weighted by molar-refractivity contribution is 6.53. The summed E-state index contributed by atoms with van der Waals surface area (Å²) in [4.78, 5) is 38.9. The zero-order valence-corrected chi connectivity index (χ0v) is 19.7. The lowest BCUT2D eigenvalue weighted by Crippen LogP contribution is -2.32. The molecule has 3 aromatic rings. The van der Waals surface area contributed by atoms with E-state index in [1.807, 2.05) is 12.1 Å². The molecule has 0 aliphatic carbocycles. The Labute approximate surface area is 206 Å². The highest BCUT2D eigenvalue weighted by Gasteiger charge is 2.39. The molecule has 172 valence electrons. The average molecular weight is 495 g/mol. The van der Waals surface area contributed by atoms with Crippen molar-refractivity contribution in [2.75, 3.05) is 10.2 Å². The normalized spacial score (nSPS) is 13.4. The highest BCUT2D eigenvalue weighted by atomic mass is 35.5. The maximum atomic E-state index is 12.9.